The molecule has 0 radical (unpaired) electrons. The Morgan fingerprint density at radius 2 is 1.77 bits per heavy atom. The van der Waals surface area contributed by atoms with E-state index in [-0.39, 0.29) is 11.5 Å². The molecule has 2 aliphatic heterocycles. The lowest BCUT2D eigenvalue weighted by Crippen LogP contribution is -2.41. The van der Waals surface area contributed by atoms with Crippen molar-refractivity contribution in [2.24, 2.45) is 5.92 Å². The minimum atomic E-state index is -0.976. The monoisotopic (exact) mass is 485 g/mol. The maximum atomic E-state index is 12.5. The van der Waals surface area contributed by atoms with Crippen LogP contribution in [0.4, 0.5) is 11.4 Å². The smallest absolute Gasteiger partial charge is 0.337 e. The number of likely N-dealkylation sites (tertiary alicyclic amines) is 1. The maximum absolute atomic E-state index is 12.5. The second kappa shape index (κ2) is 9.83. The van der Waals surface area contributed by atoms with Crippen molar-refractivity contribution >= 4 is 39.2 Å². The van der Waals surface area contributed by atoms with Crippen LogP contribution in [0.25, 0.3) is 0 Å². The number of nitrogens with one attached hydrogen (secondary N) is 1. The molecule has 164 valence electrons. The van der Waals surface area contributed by atoms with Gasteiger partial charge in [0.25, 0.3) is 5.91 Å². The quantitative estimate of drug-likeness (QED) is 0.619. The summed E-state index contributed by atoms with van der Waals surface area (Å²) >= 11 is 3.36. The zero-order valence-electron chi connectivity index (χ0n) is 17.5. The van der Waals surface area contributed by atoms with Crippen molar-refractivity contribution in [2.75, 3.05) is 42.9 Å². The van der Waals surface area contributed by atoms with Crippen LogP contribution >= 0.6 is 15.9 Å². The van der Waals surface area contributed by atoms with E-state index >= 15 is 0 Å². The van der Waals surface area contributed by atoms with Gasteiger partial charge in [0, 0.05) is 35.4 Å². The topological polar surface area (TPSA) is 72.9 Å². The predicted molar refractivity (Wildman–Crippen MR) is 126 cm³/mol. The van der Waals surface area contributed by atoms with E-state index in [0.717, 1.165) is 36.2 Å². The first-order valence-corrected chi connectivity index (χ1v) is 11.7. The number of benzene rings is 2. The van der Waals surface area contributed by atoms with Crippen molar-refractivity contribution in [3.05, 3.63) is 58.1 Å². The highest BCUT2D eigenvalue weighted by Crippen LogP contribution is 2.30. The minimum Gasteiger partial charge on any atom is -0.478 e. The first-order chi connectivity index (χ1) is 15.0. The van der Waals surface area contributed by atoms with Crippen molar-refractivity contribution in [1.29, 1.82) is 0 Å². The average molecular weight is 486 g/mol. The van der Waals surface area contributed by atoms with Crippen LogP contribution in [0, 0.1) is 5.92 Å². The number of carbonyl (C=O) groups is 2. The third kappa shape index (κ3) is 5.46. The van der Waals surface area contributed by atoms with Gasteiger partial charge in [-0.15, -0.1) is 0 Å². The third-order valence-electron chi connectivity index (χ3n) is 6.17. The normalized spacial score (nSPS) is 19.4. The van der Waals surface area contributed by atoms with Crippen molar-refractivity contribution in [1.82, 2.24) is 4.90 Å². The fourth-order valence-corrected chi connectivity index (χ4v) is 4.89. The molecule has 6 nitrogen and oxygen atoms in total. The van der Waals surface area contributed by atoms with Gasteiger partial charge < -0.3 is 20.2 Å². The second-order valence-electron chi connectivity index (χ2n) is 8.46. The van der Waals surface area contributed by atoms with E-state index in [0.29, 0.717) is 17.2 Å². The summed E-state index contributed by atoms with van der Waals surface area (Å²) in [5, 5.41) is 12.7. The molecule has 1 amide bonds. The number of nitrogens with zero attached hydrogens (tertiary/aromatic N) is 2. The van der Waals surface area contributed by atoms with Crippen LogP contribution in [0.1, 0.15) is 46.4 Å². The Bertz CT molecular complexity index is 942. The average Bonchev–Trinajstić information content (AvgIpc) is 3.27. The van der Waals surface area contributed by atoms with Crippen LogP contribution in [0.15, 0.2) is 46.9 Å². The van der Waals surface area contributed by atoms with Crippen LogP contribution in [-0.2, 0) is 0 Å². The molecule has 2 saturated heterocycles. The van der Waals surface area contributed by atoms with Gasteiger partial charge in [-0.05, 0) is 87.2 Å². The summed E-state index contributed by atoms with van der Waals surface area (Å²) in [5.41, 5.74) is 1.97. The van der Waals surface area contributed by atoms with E-state index in [1.807, 2.05) is 6.07 Å². The summed E-state index contributed by atoms with van der Waals surface area (Å²) in [6.07, 6.45) is 4.83. The van der Waals surface area contributed by atoms with E-state index < -0.39 is 5.97 Å². The molecule has 1 atom stereocenters. The first-order valence-electron chi connectivity index (χ1n) is 10.9. The molecule has 31 heavy (non-hydrogen) atoms. The van der Waals surface area contributed by atoms with Gasteiger partial charge >= 0.3 is 5.97 Å². The van der Waals surface area contributed by atoms with Crippen LogP contribution in [-0.4, -0.2) is 54.6 Å². The Balaban J connectivity index is 1.48. The maximum Gasteiger partial charge on any atom is 0.337 e. The number of halogens is 1. The number of carbonyl (C=O) groups excluding carboxylic acids is 1. The van der Waals surface area contributed by atoms with Gasteiger partial charge in [0.15, 0.2) is 0 Å². The number of hydrogen-bond donors (Lipinski definition) is 2. The summed E-state index contributed by atoms with van der Waals surface area (Å²) in [5.74, 6) is -0.679. The zero-order chi connectivity index (χ0) is 21.8. The molecule has 2 fully saturated rings. The SMILES string of the molecule is O=C(Nc1ccc(N2CCC[C@H](CN3CCCC3)C2)c(C(=O)O)c1)c1ccc(Br)cc1. The number of amides is 1. The summed E-state index contributed by atoms with van der Waals surface area (Å²) < 4.78 is 0.895. The molecular weight excluding hydrogens is 458 g/mol. The Hall–Kier alpha value is -2.38. The highest BCUT2D eigenvalue weighted by Gasteiger charge is 2.26. The van der Waals surface area contributed by atoms with Gasteiger partial charge in [-0.25, -0.2) is 4.79 Å². The molecule has 2 aliphatic rings. The lowest BCUT2D eigenvalue weighted by Gasteiger charge is -2.36. The molecule has 2 heterocycles. The van der Waals surface area contributed by atoms with Crippen LogP contribution in [0.2, 0.25) is 0 Å². The number of rotatable bonds is 6. The molecule has 0 saturated carbocycles. The van der Waals surface area contributed by atoms with Crippen molar-refractivity contribution < 1.29 is 14.7 Å². The molecule has 0 spiro atoms. The number of piperidine rings is 1. The molecule has 2 aromatic carbocycles. The molecule has 4 rings (SSSR count). The number of carboxylic acids is 1. The molecule has 0 aromatic heterocycles. The number of anilines is 2. The van der Waals surface area contributed by atoms with Gasteiger partial charge in [-0.2, -0.15) is 0 Å². The summed E-state index contributed by atoms with van der Waals surface area (Å²) in [6, 6.07) is 12.2. The van der Waals surface area contributed by atoms with Crippen LogP contribution in [0.5, 0.6) is 0 Å². The second-order valence-corrected chi connectivity index (χ2v) is 9.38. The molecule has 0 bridgehead atoms. The van der Waals surface area contributed by atoms with Gasteiger partial charge in [-0.1, -0.05) is 15.9 Å². The van der Waals surface area contributed by atoms with Crippen LogP contribution in [0.3, 0.4) is 0 Å². The fourth-order valence-electron chi connectivity index (χ4n) is 4.63. The molecular formula is C24H28BrN3O3. The zero-order valence-corrected chi connectivity index (χ0v) is 19.1. The van der Waals surface area contributed by atoms with Crippen molar-refractivity contribution in [2.45, 2.75) is 25.7 Å². The molecule has 2 N–H and O–H groups in total. The van der Waals surface area contributed by atoms with Crippen molar-refractivity contribution in [3.8, 4) is 0 Å². The van der Waals surface area contributed by atoms with Crippen LogP contribution < -0.4 is 10.2 Å². The summed E-state index contributed by atoms with van der Waals surface area (Å²) in [7, 11) is 0. The number of carboxylic acid groups (broad SMARTS) is 1. The van der Waals surface area contributed by atoms with Crippen molar-refractivity contribution in [3.63, 3.8) is 0 Å². The van der Waals surface area contributed by atoms with Gasteiger partial charge in [0.1, 0.15) is 0 Å². The predicted octanol–water partition coefficient (Wildman–Crippen LogP) is 4.71. The summed E-state index contributed by atoms with van der Waals surface area (Å²) in [4.78, 5) is 29.3. The standard InChI is InChI=1S/C24H28BrN3O3/c25-19-7-5-18(6-8-19)23(29)26-20-9-10-22(21(14-20)24(30)31)28-13-3-4-17(16-28)15-27-11-1-2-12-27/h5-10,14,17H,1-4,11-13,15-16H2,(H,26,29)(H,30,31)/t17-/m1/s1. The van der Waals surface area contributed by atoms with E-state index in [2.05, 4.69) is 31.0 Å². The highest BCUT2D eigenvalue weighted by atomic mass is 79.9. The summed E-state index contributed by atoms with van der Waals surface area (Å²) in [6.45, 7) is 5.20. The minimum absolute atomic E-state index is 0.232. The van der Waals surface area contributed by atoms with E-state index in [4.69, 9.17) is 0 Å². The van der Waals surface area contributed by atoms with Gasteiger partial charge in [0.05, 0.1) is 11.3 Å². The Morgan fingerprint density at radius 3 is 2.48 bits per heavy atom. The fraction of sp³-hybridized carbons (Fsp3) is 0.417. The molecule has 0 aliphatic carbocycles. The Morgan fingerprint density at radius 1 is 1.03 bits per heavy atom. The Kier molecular flexibility index (Phi) is 6.92. The van der Waals surface area contributed by atoms with E-state index in [1.165, 1.54) is 32.4 Å². The molecule has 0 unspecified atom stereocenters. The van der Waals surface area contributed by atoms with E-state index in [9.17, 15) is 14.7 Å². The lowest BCUT2D eigenvalue weighted by atomic mass is 9.96. The Labute approximate surface area is 191 Å². The lowest BCUT2D eigenvalue weighted by molar-refractivity contribution is 0.0697. The number of aromatic carboxylic acids is 1. The largest absolute Gasteiger partial charge is 0.478 e. The van der Waals surface area contributed by atoms with E-state index in [1.54, 1.807) is 36.4 Å². The molecule has 2 aromatic rings. The van der Waals surface area contributed by atoms with Gasteiger partial charge in [0.2, 0.25) is 0 Å². The third-order valence-corrected chi connectivity index (χ3v) is 6.69. The first kappa shape index (κ1) is 21.8. The molecule has 7 heteroatoms. The number of hydrogen-bond acceptors (Lipinski definition) is 4. The highest BCUT2D eigenvalue weighted by molar-refractivity contribution is 9.10. The van der Waals surface area contributed by atoms with Gasteiger partial charge in [-0.3, -0.25) is 4.79 Å².